The standard InChI is InChI=1S/C16H20FN2O3/c1-22-16(15(18)9-17)12-4-2-11(3-5-12)13-6-7-19(21)14(8-13)10-20/h2-8,15-16,20-21H,9-10,18H2,1H3/q+1/t15-,16-/m1/s1. The van der Waals surface area contributed by atoms with Gasteiger partial charge in [-0.25, -0.2) is 4.39 Å². The van der Waals surface area contributed by atoms with Crippen LogP contribution in [0.15, 0.2) is 42.6 Å². The average Bonchev–Trinajstić information content (AvgIpc) is 2.56. The summed E-state index contributed by atoms with van der Waals surface area (Å²) in [5.41, 5.74) is 8.65. The number of methoxy groups -OCH3 is 1. The topological polar surface area (TPSA) is 79.6 Å². The number of halogens is 1. The highest BCUT2D eigenvalue weighted by atomic mass is 19.1. The summed E-state index contributed by atoms with van der Waals surface area (Å²) in [6.07, 6.45) is 0.966. The molecule has 0 saturated carbocycles. The first kappa shape index (κ1) is 16.4. The lowest BCUT2D eigenvalue weighted by atomic mass is 9.99. The summed E-state index contributed by atoms with van der Waals surface area (Å²) in [6, 6.07) is 10.1. The third-order valence-electron chi connectivity index (χ3n) is 3.57. The number of alkyl halides is 1. The Morgan fingerprint density at radius 1 is 1.23 bits per heavy atom. The van der Waals surface area contributed by atoms with Gasteiger partial charge in [0.25, 0.3) is 5.69 Å². The van der Waals surface area contributed by atoms with Crippen LogP contribution >= 0.6 is 0 Å². The van der Waals surface area contributed by atoms with E-state index in [-0.39, 0.29) is 6.61 Å². The first-order valence-electron chi connectivity index (χ1n) is 6.90. The lowest BCUT2D eigenvalue weighted by Crippen LogP contribution is -2.34. The van der Waals surface area contributed by atoms with Crippen molar-refractivity contribution in [1.82, 2.24) is 0 Å². The van der Waals surface area contributed by atoms with E-state index in [2.05, 4.69) is 0 Å². The van der Waals surface area contributed by atoms with Gasteiger partial charge in [0.05, 0.1) is 12.1 Å². The second-order valence-electron chi connectivity index (χ2n) is 5.01. The minimum Gasteiger partial charge on any atom is -0.385 e. The Bertz CT molecular complexity index is 619. The van der Waals surface area contributed by atoms with Gasteiger partial charge in [-0.1, -0.05) is 24.3 Å². The van der Waals surface area contributed by atoms with Crippen molar-refractivity contribution in [3.63, 3.8) is 0 Å². The van der Waals surface area contributed by atoms with E-state index in [0.29, 0.717) is 5.69 Å². The quantitative estimate of drug-likeness (QED) is 0.556. The number of aromatic nitrogens is 1. The van der Waals surface area contributed by atoms with Crippen molar-refractivity contribution < 1.29 is 24.2 Å². The summed E-state index contributed by atoms with van der Waals surface area (Å²) in [5, 5.41) is 18.7. The van der Waals surface area contributed by atoms with Gasteiger partial charge in [-0.3, -0.25) is 5.21 Å². The van der Waals surface area contributed by atoms with Crippen LogP contribution in [-0.2, 0) is 11.3 Å². The monoisotopic (exact) mass is 307 g/mol. The largest absolute Gasteiger partial charge is 0.385 e. The Morgan fingerprint density at radius 3 is 2.45 bits per heavy atom. The Labute approximate surface area is 128 Å². The van der Waals surface area contributed by atoms with Crippen LogP contribution in [0.4, 0.5) is 4.39 Å². The number of nitrogens with zero attached hydrogens (tertiary/aromatic N) is 1. The maximum Gasteiger partial charge on any atom is 0.259 e. The van der Waals surface area contributed by atoms with Crippen LogP contribution in [0, 0.1) is 0 Å². The molecule has 0 spiro atoms. The fourth-order valence-corrected chi connectivity index (χ4v) is 2.34. The van der Waals surface area contributed by atoms with Gasteiger partial charge in [0.2, 0.25) is 6.20 Å². The molecule has 0 unspecified atom stereocenters. The predicted molar refractivity (Wildman–Crippen MR) is 78.9 cm³/mol. The highest BCUT2D eigenvalue weighted by Gasteiger charge is 2.19. The molecule has 2 aromatic rings. The third-order valence-corrected chi connectivity index (χ3v) is 3.57. The molecular formula is C16H20FN2O3+. The second-order valence-corrected chi connectivity index (χ2v) is 5.01. The molecule has 5 nitrogen and oxygen atoms in total. The van der Waals surface area contributed by atoms with Crippen molar-refractivity contribution in [3.8, 4) is 11.1 Å². The maximum atomic E-state index is 12.7. The third kappa shape index (κ3) is 3.41. The van der Waals surface area contributed by atoms with Crippen molar-refractivity contribution in [2.75, 3.05) is 13.8 Å². The molecule has 0 fully saturated rings. The molecule has 0 aliphatic carbocycles. The number of aliphatic hydroxyl groups excluding tert-OH is 1. The Morgan fingerprint density at radius 2 is 1.91 bits per heavy atom. The van der Waals surface area contributed by atoms with Crippen LogP contribution < -0.4 is 10.5 Å². The highest BCUT2D eigenvalue weighted by molar-refractivity contribution is 5.63. The van der Waals surface area contributed by atoms with Crippen LogP contribution in [0.25, 0.3) is 11.1 Å². The zero-order chi connectivity index (χ0) is 16.1. The van der Waals surface area contributed by atoms with Gasteiger partial charge < -0.3 is 15.6 Å². The molecule has 1 aromatic carbocycles. The molecule has 22 heavy (non-hydrogen) atoms. The molecule has 2 rings (SSSR count). The maximum absolute atomic E-state index is 12.7. The van der Waals surface area contributed by atoms with E-state index in [1.165, 1.54) is 13.3 Å². The number of hydrogen-bond acceptors (Lipinski definition) is 4. The Balaban J connectivity index is 2.28. The second kappa shape index (κ2) is 7.31. The van der Waals surface area contributed by atoms with Crippen molar-refractivity contribution in [3.05, 3.63) is 53.9 Å². The van der Waals surface area contributed by atoms with Gasteiger partial charge in [-0.2, -0.15) is 0 Å². The summed E-state index contributed by atoms with van der Waals surface area (Å²) in [6.45, 7) is -0.922. The van der Waals surface area contributed by atoms with Crippen molar-refractivity contribution in [2.45, 2.75) is 18.8 Å². The lowest BCUT2D eigenvalue weighted by Gasteiger charge is -2.20. The van der Waals surface area contributed by atoms with Crippen LogP contribution in [-0.4, -0.2) is 30.1 Å². The van der Waals surface area contributed by atoms with E-state index in [9.17, 15) is 14.7 Å². The number of ether oxygens (including phenoxy) is 1. The molecule has 1 aromatic heterocycles. The summed E-state index contributed by atoms with van der Waals surface area (Å²) < 4.78 is 18.8. The van der Waals surface area contributed by atoms with Crippen LogP contribution in [0.1, 0.15) is 17.4 Å². The molecular weight excluding hydrogens is 287 g/mol. The number of aliphatic hydroxyl groups is 1. The molecule has 4 N–H and O–H groups in total. The summed E-state index contributed by atoms with van der Waals surface area (Å²) in [4.78, 5) is 0. The van der Waals surface area contributed by atoms with E-state index in [1.54, 1.807) is 12.1 Å². The van der Waals surface area contributed by atoms with Crippen molar-refractivity contribution in [2.24, 2.45) is 5.73 Å². The molecule has 6 heteroatoms. The highest BCUT2D eigenvalue weighted by Crippen LogP contribution is 2.25. The first-order valence-corrected chi connectivity index (χ1v) is 6.90. The van der Waals surface area contributed by atoms with Crippen molar-refractivity contribution >= 4 is 0 Å². The van der Waals surface area contributed by atoms with Gasteiger partial charge in [0.15, 0.2) is 0 Å². The molecule has 1 heterocycles. The fourth-order valence-electron chi connectivity index (χ4n) is 2.34. The summed E-state index contributed by atoms with van der Waals surface area (Å²) >= 11 is 0. The normalized spacial score (nSPS) is 13.8. The zero-order valence-corrected chi connectivity index (χ0v) is 12.3. The Kier molecular flexibility index (Phi) is 5.43. The van der Waals surface area contributed by atoms with E-state index in [4.69, 9.17) is 10.5 Å². The first-order chi connectivity index (χ1) is 10.6. The Hall–Kier alpha value is -2.02. The van der Waals surface area contributed by atoms with E-state index in [1.807, 2.05) is 24.3 Å². The van der Waals surface area contributed by atoms with Crippen molar-refractivity contribution in [1.29, 1.82) is 0 Å². The van der Waals surface area contributed by atoms with Gasteiger partial charge in [-0.05, 0) is 16.7 Å². The molecule has 2 atom stereocenters. The summed E-state index contributed by atoms with van der Waals surface area (Å²) in [7, 11) is 1.50. The SMILES string of the molecule is CO[C@H](c1ccc(-c2cc[n+](O)c(CO)c2)cc1)[C@H](N)CF. The molecule has 0 radical (unpaired) electrons. The number of benzene rings is 1. The average molecular weight is 307 g/mol. The number of nitrogens with two attached hydrogens (primary N) is 1. The van der Waals surface area contributed by atoms with E-state index >= 15 is 0 Å². The summed E-state index contributed by atoms with van der Waals surface area (Å²) in [5.74, 6) is 0. The van der Waals surface area contributed by atoms with E-state index in [0.717, 1.165) is 21.4 Å². The van der Waals surface area contributed by atoms with Gasteiger partial charge in [0, 0.05) is 24.0 Å². The smallest absolute Gasteiger partial charge is 0.259 e. The molecule has 0 aliphatic rings. The van der Waals surface area contributed by atoms with Gasteiger partial charge >= 0.3 is 0 Å². The van der Waals surface area contributed by atoms with E-state index < -0.39 is 18.8 Å². The number of hydrogen-bond donors (Lipinski definition) is 3. The fraction of sp³-hybridized carbons (Fsp3) is 0.312. The zero-order valence-electron chi connectivity index (χ0n) is 12.3. The minimum absolute atomic E-state index is 0.264. The minimum atomic E-state index is -0.707. The molecule has 0 saturated heterocycles. The molecule has 0 amide bonds. The molecule has 118 valence electrons. The molecule has 0 aliphatic heterocycles. The number of pyridine rings is 1. The van der Waals surface area contributed by atoms with Gasteiger partial charge in [-0.15, -0.1) is 0 Å². The number of rotatable bonds is 6. The molecule has 0 bridgehead atoms. The van der Waals surface area contributed by atoms with Crippen LogP contribution in [0.3, 0.4) is 0 Å². The van der Waals surface area contributed by atoms with Crippen LogP contribution in [0.2, 0.25) is 0 Å². The van der Waals surface area contributed by atoms with Crippen LogP contribution in [0.5, 0.6) is 0 Å². The van der Waals surface area contributed by atoms with Gasteiger partial charge in [0.1, 0.15) is 13.3 Å². The lowest BCUT2D eigenvalue weighted by molar-refractivity contribution is -0.910. The predicted octanol–water partition coefficient (Wildman–Crippen LogP) is 1.35.